The van der Waals surface area contributed by atoms with Crippen LogP contribution in [0.15, 0.2) is 6.07 Å². The molecule has 1 rings (SSSR count). The summed E-state index contributed by atoms with van der Waals surface area (Å²) in [5.41, 5.74) is -1.42. The first-order chi connectivity index (χ1) is 8.40. The minimum absolute atomic E-state index is 0.106. The zero-order valence-corrected chi connectivity index (χ0v) is 9.71. The Morgan fingerprint density at radius 1 is 1.44 bits per heavy atom. The van der Waals surface area contributed by atoms with Crippen LogP contribution in [0.4, 0.5) is 5.69 Å². The third-order valence-electron chi connectivity index (χ3n) is 2.53. The molecule has 0 aliphatic heterocycles. The van der Waals surface area contributed by atoms with Gasteiger partial charge in [-0.05, 0) is 18.9 Å². The summed E-state index contributed by atoms with van der Waals surface area (Å²) in [6, 6.07) is 1.04. The number of aromatic hydroxyl groups is 2. The summed E-state index contributed by atoms with van der Waals surface area (Å²) >= 11 is 0. The summed E-state index contributed by atoms with van der Waals surface area (Å²) in [5.74, 6) is -3.29. The fourth-order valence-electron chi connectivity index (χ4n) is 1.67. The van der Waals surface area contributed by atoms with Gasteiger partial charge < -0.3 is 15.3 Å². The highest BCUT2D eigenvalue weighted by Crippen LogP contribution is 2.39. The number of nitrogens with zero attached hydrogens (tertiary/aromatic N) is 1. The Labute approximate surface area is 102 Å². The second kappa shape index (κ2) is 5.35. The number of unbranched alkanes of at least 4 members (excludes halogenated alkanes) is 1. The Morgan fingerprint density at radius 2 is 2.06 bits per heavy atom. The quantitative estimate of drug-likeness (QED) is 0.420. The van der Waals surface area contributed by atoms with Gasteiger partial charge in [-0.3, -0.25) is 10.1 Å². The number of benzene rings is 1. The molecule has 0 aliphatic carbocycles. The van der Waals surface area contributed by atoms with Gasteiger partial charge >= 0.3 is 5.97 Å². The SMILES string of the molecule is CCCCc1cc(O)c(O)c(C(=O)O)c1[N+](=O)[O-]. The highest BCUT2D eigenvalue weighted by Gasteiger charge is 2.30. The summed E-state index contributed by atoms with van der Waals surface area (Å²) < 4.78 is 0. The van der Waals surface area contributed by atoms with Crippen LogP contribution in [0.1, 0.15) is 35.7 Å². The Balaban J connectivity index is 3.51. The van der Waals surface area contributed by atoms with Crippen molar-refractivity contribution in [3.63, 3.8) is 0 Å². The minimum atomic E-state index is -1.65. The largest absolute Gasteiger partial charge is 0.504 e. The highest BCUT2D eigenvalue weighted by molar-refractivity contribution is 5.97. The van der Waals surface area contributed by atoms with Crippen molar-refractivity contribution in [1.29, 1.82) is 0 Å². The third kappa shape index (κ3) is 2.50. The monoisotopic (exact) mass is 255 g/mol. The van der Waals surface area contributed by atoms with Gasteiger partial charge in [-0.1, -0.05) is 13.3 Å². The van der Waals surface area contributed by atoms with Gasteiger partial charge in [-0.15, -0.1) is 0 Å². The van der Waals surface area contributed by atoms with Gasteiger partial charge in [0.25, 0.3) is 5.69 Å². The number of nitro groups is 1. The van der Waals surface area contributed by atoms with Gasteiger partial charge in [-0.2, -0.15) is 0 Å². The normalized spacial score (nSPS) is 10.3. The predicted octanol–water partition coefficient (Wildman–Crippen LogP) is 2.05. The molecule has 0 saturated carbocycles. The van der Waals surface area contributed by atoms with Crippen LogP contribution < -0.4 is 0 Å². The van der Waals surface area contributed by atoms with E-state index in [1.165, 1.54) is 0 Å². The van der Waals surface area contributed by atoms with Crippen LogP contribution in [0.25, 0.3) is 0 Å². The second-order valence-electron chi connectivity index (χ2n) is 3.79. The molecule has 98 valence electrons. The molecule has 0 unspecified atom stereocenters. The van der Waals surface area contributed by atoms with E-state index in [1.54, 1.807) is 0 Å². The Bertz CT molecular complexity index is 497. The molecule has 0 heterocycles. The topological polar surface area (TPSA) is 121 Å². The van der Waals surface area contributed by atoms with E-state index in [2.05, 4.69) is 0 Å². The van der Waals surface area contributed by atoms with Crippen molar-refractivity contribution in [2.24, 2.45) is 0 Å². The smallest absolute Gasteiger partial charge is 0.346 e. The summed E-state index contributed by atoms with van der Waals surface area (Å²) in [5, 5.41) is 38.6. The van der Waals surface area contributed by atoms with E-state index in [0.29, 0.717) is 6.42 Å². The number of phenolic OH excluding ortho intramolecular Hbond substituents is 1. The van der Waals surface area contributed by atoms with Crippen molar-refractivity contribution in [3.8, 4) is 11.5 Å². The van der Waals surface area contributed by atoms with Crippen molar-refractivity contribution in [2.75, 3.05) is 0 Å². The molecule has 0 bridgehead atoms. The fraction of sp³-hybridized carbons (Fsp3) is 0.364. The Morgan fingerprint density at radius 3 is 2.50 bits per heavy atom. The number of carbonyl (C=O) groups is 1. The minimum Gasteiger partial charge on any atom is -0.504 e. The molecule has 0 spiro atoms. The molecule has 0 atom stereocenters. The number of aromatic carboxylic acids is 1. The van der Waals surface area contributed by atoms with E-state index in [1.807, 2.05) is 6.92 Å². The van der Waals surface area contributed by atoms with Crippen LogP contribution >= 0.6 is 0 Å². The van der Waals surface area contributed by atoms with Crippen molar-refractivity contribution in [1.82, 2.24) is 0 Å². The Kier molecular flexibility index (Phi) is 4.09. The fourth-order valence-corrected chi connectivity index (χ4v) is 1.67. The molecule has 7 heteroatoms. The number of carboxylic acids is 1. The van der Waals surface area contributed by atoms with Gasteiger partial charge in [0.1, 0.15) is 0 Å². The van der Waals surface area contributed by atoms with E-state index in [9.17, 15) is 25.1 Å². The molecule has 1 aromatic rings. The maximum absolute atomic E-state index is 10.9. The molecule has 3 N–H and O–H groups in total. The number of carboxylic acid groups (broad SMARTS) is 1. The molecule has 0 fully saturated rings. The van der Waals surface area contributed by atoms with E-state index in [-0.39, 0.29) is 12.0 Å². The van der Waals surface area contributed by atoms with Crippen LogP contribution in [0, 0.1) is 10.1 Å². The molecule has 1 aromatic carbocycles. The van der Waals surface area contributed by atoms with E-state index < -0.39 is 33.6 Å². The van der Waals surface area contributed by atoms with Gasteiger partial charge in [0.2, 0.25) is 0 Å². The number of rotatable bonds is 5. The maximum atomic E-state index is 10.9. The molecular formula is C11H13NO6. The molecule has 0 aliphatic rings. The summed E-state index contributed by atoms with van der Waals surface area (Å²) in [4.78, 5) is 21.0. The van der Waals surface area contributed by atoms with Crippen LogP contribution in [0.3, 0.4) is 0 Å². The van der Waals surface area contributed by atoms with Crippen LogP contribution in [-0.4, -0.2) is 26.2 Å². The number of hydrogen-bond acceptors (Lipinski definition) is 5. The molecule has 18 heavy (non-hydrogen) atoms. The molecule has 0 aromatic heterocycles. The van der Waals surface area contributed by atoms with Crippen LogP contribution in [0.5, 0.6) is 11.5 Å². The number of nitro benzene ring substituents is 1. The van der Waals surface area contributed by atoms with Crippen molar-refractivity contribution in [3.05, 3.63) is 27.3 Å². The lowest BCUT2D eigenvalue weighted by Gasteiger charge is -2.08. The number of hydrogen-bond donors (Lipinski definition) is 3. The predicted molar refractivity (Wildman–Crippen MR) is 62.0 cm³/mol. The Hall–Kier alpha value is -2.31. The lowest BCUT2D eigenvalue weighted by molar-refractivity contribution is -0.386. The lowest BCUT2D eigenvalue weighted by Crippen LogP contribution is -2.06. The van der Waals surface area contributed by atoms with Crippen molar-refractivity contribution in [2.45, 2.75) is 26.2 Å². The zero-order chi connectivity index (χ0) is 13.9. The van der Waals surface area contributed by atoms with Crippen molar-refractivity contribution >= 4 is 11.7 Å². The lowest BCUT2D eigenvalue weighted by atomic mass is 10.0. The summed E-state index contributed by atoms with van der Waals surface area (Å²) in [6.45, 7) is 1.88. The first-order valence-electron chi connectivity index (χ1n) is 5.35. The maximum Gasteiger partial charge on any atom is 0.346 e. The molecule has 0 radical (unpaired) electrons. The van der Waals surface area contributed by atoms with Gasteiger partial charge in [0, 0.05) is 5.56 Å². The first-order valence-corrected chi connectivity index (χ1v) is 5.35. The van der Waals surface area contributed by atoms with E-state index in [4.69, 9.17) is 5.11 Å². The molecule has 0 amide bonds. The van der Waals surface area contributed by atoms with E-state index >= 15 is 0 Å². The van der Waals surface area contributed by atoms with Gasteiger partial charge in [0.15, 0.2) is 17.1 Å². The first kappa shape index (κ1) is 13.8. The summed E-state index contributed by atoms with van der Waals surface area (Å²) in [6.07, 6.45) is 1.65. The number of aryl methyl sites for hydroxylation is 1. The average molecular weight is 255 g/mol. The third-order valence-corrected chi connectivity index (χ3v) is 2.53. The van der Waals surface area contributed by atoms with Crippen LogP contribution in [-0.2, 0) is 6.42 Å². The summed E-state index contributed by atoms with van der Waals surface area (Å²) in [7, 11) is 0. The van der Waals surface area contributed by atoms with Crippen LogP contribution in [0.2, 0.25) is 0 Å². The second-order valence-corrected chi connectivity index (χ2v) is 3.79. The number of phenols is 2. The van der Waals surface area contributed by atoms with E-state index in [0.717, 1.165) is 12.5 Å². The molecule has 7 nitrogen and oxygen atoms in total. The zero-order valence-electron chi connectivity index (χ0n) is 9.71. The molecule has 0 saturated heterocycles. The standard InChI is InChI=1S/C11H13NO6/c1-2-3-4-6-5-7(13)10(14)8(11(15)16)9(6)12(17)18/h5,13-14H,2-4H2,1H3,(H,15,16). The van der Waals surface area contributed by atoms with Gasteiger partial charge in [0.05, 0.1) is 4.92 Å². The van der Waals surface area contributed by atoms with Gasteiger partial charge in [-0.25, -0.2) is 4.79 Å². The highest BCUT2D eigenvalue weighted by atomic mass is 16.6. The van der Waals surface area contributed by atoms with Crippen molar-refractivity contribution < 1.29 is 25.0 Å². The average Bonchev–Trinajstić information content (AvgIpc) is 2.28. The molecular weight excluding hydrogens is 242 g/mol.